The number of methoxy groups -OCH3 is 1. The zero-order valence-electron chi connectivity index (χ0n) is 6.67. The molecule has 0 rings (SSSR count). The molecule has 0 aromatic heterocycles. The number of hydrogen-bond acceptors (Lipinski definition) is 5. The molecule has 0 N–H and O–H groups in total. The molecule has 0 aliphatic heterocycles. The number of ether oxygens (including phenoxy) is 1. The number of halogens is 1. The fraction of sp³-hybridized carbons (Fsp3) is 0.500. The van der Waals surface area contributed by atoms with Gasteiger partial charge >= 0.3 is 0 Å². The Hall–Kier alpha value is -0.490. The Balaban J connectivity index is 4.55. The largest absolute Gasteiger partial charge is 0.485 e. The van der Waals surface area contributed by atoms with Crippen molar-refractivity contribution in [2.45, 2.75) is 0 Å². The van der Waals surface area contributed by atoms with Gasteiger partial charge in [-0.1, -0.05) is 21.1 Å². The van der Waals surface area contributed by atoms with Gasteiger partial charge in [-0.05, 0) is 12.2 Å². The molecule has 4 nitrogen and oxygen atoms in total. The second-order valence-corrected chi connectivity index (χ2v) is 2.60. The lowest BCUT2D eigenvalue weighted by atomic mass is 10.3. The molecule has 68 valence electrons. The number of hydrogen-bond donors (Lipinski definition) is 0. The first-order valence-corrected chi connectivity index (χ1v) is 4.49. The molecule has 0 fully saturated rings. The van der Waals surface area contributed by atoms with Crippen molar-refractivity contribution in [1.29, 1.82) is 0 Å². The van der Waals surface area contributed by atoms with Crippen molar-refractivity contribution in [3.8, 4) is 0 Å². The highest BCUT2D eigenvalue weighted by Gasteiger charge is 2.16. The molecule has 0 aromatic carbocycles. The first kappa shape index (κ1) is 11.5. The summed E-state index contributed by atoms with van der Waals surface area (Å²) in [6, 6.07) is 0. The molecule has 0 heterocycles. The van der Waals surface area contributed by atoms with Crippen molar-refractivity contribution in [2.24, 2.45) is 5.16 Å². The summed E-state index contributed by atoms with van der Waals surface area (Å²) in [5, 5.41) is 3.60. The van der Waals surface area contributed by atoms with Crippen molar-refractivity contribution >= 4 is 44.7 Å². The molecular weight excluding hydrogens is 246 g/mol. The van der Waals surface area contributed by atoms with Gasteiger partial charge in [0.25, 0.3) is 0 Å². The zero-order chi connectivity index (χ0) is 9.56. The topological polar surface area (TPSA) is 47.9 Å². The Bertz CT molecular complexity index is 199. The highest BCUT2D eigenvalue weighted by atomic mass is 79.9. The summed E-state index contributed by atoms with van der Waals surface area (Å²) in [5.74, 6) is -0.274. The zero-order valence-corrected chi connectivity index (χ0v) is 9.07. The van der Waals surface area contributed by atoms with Gasteiger partial charge in [0.05, 0.1) is 12.4 Å². The van der Waals surface area contributed by atoms with E-state index in [1.807, 2.05) is 0 Å². The minimum Gasteiger partial charge on any atom is -0.485 e. The summed E-state index contributed by atoms with van der Waals surface area (Å²) in [6.07, 6.45) is 0. The Morgan fingerprint density at radius 3 is 2.50 bits per heavy atom. The molecule has 0 radical (unpaired) electrons. The normalized spacial score (nSPS) is 10.8. The van der Waals surface area contributed by atoms with E-state index in [0.29, 0.717) is 0 Å². The minimum atomic E-state index is -0.274. The van der Waals surface area contributed by atoms with Crippen LogP contribution in [0.5, 0.6) is 0 Å². The maximum Gasteiger partial charge on any atom is 0.217 e. The smallest absolute Gasteiger partial charge is 0.217 e. The summed E-state index contributed by atoms with van der Waals surface area (Å²) in [5.41, 5.74) is 0.0203. The summed E-state index contributed by atoms with van der Waals surface area (Å²) < 4.78 is 4.67. The maximum atomic E-state index is 11.1. The van der Waals surface area contributed by atoms with E-state index < -0.39 is 0 Å². The third-order valence-corrected chi connectivity index (χ3v) is 1.82. The maximum absolute atomic E-state index is 11.1. The van der Waals surface area contributed by atoms with Gasteiger partial charge in [-0.25, -0.2) is 0 Å². The first-order chi connectivity index (χ1) is 5.67. The van der Waals surface area contributed by atoms with Crippen LogP contribution in [0.1, 0.15) is 0 Å². The number of carbonyl (C=O) groups excluding carboxylic acids is 1. The second-order valence-electron chi connectivity index (χ2n) is 1.67. The van der Waals surface area contributed by atoms with E-state index in [1.54, 1.807) is 0 Å². The molecule has 6 heteroatoms. The monoisotopic (exact) mass is 253 g/mol. The Morgan fingerprint density at radius 1 is 1.58 bits per heavy atom. The number of alkyl halides is 1. The summed E-state index contributed by atoms with van der Waals surface area (Å²) >= 11 is 7.69. The molecule has 0 spiro atoms. The van der Waals surface area contributed by atoms with E-state index in [1.165, 1.54) is 14.2 Å². The molecule has 0 aliphatic rings. The molecule has 12 heavy (non-hydrogen) atoms. The molecule has 0 unspecified atom stereocenters. The highest BCUT2D eigenvalue weighted by molar-refractivity contribution is 9.09. The van der Waals surface area contributed by atoms with Gasteiger partial charge in [0.2, 0.25) is 5.05 Å². The fourth-order valence-corrected chi connectivity index (χ4v) is 0.870. The molecule has 0 saturated heterocycles. The first-order valence-electron chi connectivity index (χ1n) is 2.96. The molecule has 0 bridgehead atoms. The Morgan fingerprint density at radius 2 is 2.17 bits per heavy atom. The van der Waals surface area contributed by atoms with E-state index in [9.17, 15) is 4.79 Å². The van der Waals surface area contributed by atoms with Crippen LogP contribution in [0.3, 0.4) is 0 Å². The van der Waals surface area contributed by atoms with Crippen LogP contribution in [-0.4, -0.2) is 36.1 Å². The highest BCUT2D eigenvalue weighted by Crippen LogP contribution is 1.93. The van der Waals surface area contributed by atoms with E-state index in [-0.39, 0.29) is 21.9 Å². The Kier molecular flexibility index (Phi) is 5.83. The lowest BCUT2D eigenvalue weighted by Gasteiger charge is -2.01. The summed E-state index contributed by atoms with van der Waals surface area (Å²) in [6.45, 7) is 0. The van der Waals surface area contributed by atoms with E-state index >= 15 is 0 Å². The third-order valence-electron chi connectivity index (χ3n) is 0.947. The third kappa shape index (κ3) is 3.27. The van der Waals surface area contributed by atoms with E-state index in [2.05, 4.69) is 30.7 Å². The van der Waals surface area contributed by atoms with E-state index in [0.717, 1.165) is 0 Å². The van der Waals surface area contributed by atoms with Gasteiger partial charge in [-0.3, -0.25) is 4.79 Å². The van der Waals surface area contributed by atoms with Gasteiger partial charge in [0.1, 0.15) is 7.11 Å². The number of rotatable bonds is 4. The number of Topliss-reactive ketones (excluding diaryl/α,β-unsaturated/α-hetero) is 1. The number of thiocarbonyl (C=S) groups is 1. The van der Waals surface area contributed by atoms with Gasteiger partial charge in [-0.2, -0.15) is 0 Å². The number of nitrogens with zero attached hydrogens (tertiary/aromatic N) is 1. The van der Waals surface area contributed by atoms with Crippen LogP contribution in [0.2, 0.25) is 0 Å². The lowest BCUT2D eigenvalue weighted by Crippen LogP contribution is -2.25. The van der Waals surface area contributed by atoms with Gasteiger partial charge in [0.15, 0.2) is 11.5 Å². The van der Waals surface area contributed by atoms with Crippen LogP contribution in [0.15, 0.2) is 5.16 Å². The van der Waals surface area contributed by atoms with Crippen molar-refractivity contribution < 1.29 is 14.4 Å². The number of ketones is 1. The molecular formula is C6H8BrNO3S. The molecule has 0 aromatic rings. The molecule has 0 aliphatic carbocycles. The van der Waals surface area contributed by atoms with Gasteiger partial charge in [0, 0.05) is 0 Å². The average Bonchev–Trinajstić information content (AvgIpc) is 2.11. The minimum absolute atomic E-state index is 0.0203. The van der Waals surface area contributed by atoms with Gasteiger partial charge < -0.3 is 9.57 Å². The quantitative estimate of drug-likeness (QED) is 0.324. The van der Waals surface area contributed by atoms with Crippen LogP contribution >= 0.6 is 28.1 Å². The van der Waals surface area contributed by atoms with E-state index in [4.69, 9.17) is 12.2 Å². The predicted molar refractivity (Wildman–Crippen MR) is 52.9 cm³/mol. The second kappa shape index (κ2) is 6.07. The van der Waals surface area contributed by atoms with Crippen molar-refractivity contribution in [3.05, 3.63) is 0 Å². The number of oxime groups is 1. The summed E-state index contributed by atoms with van der Waals surface area (Å²) in [4.78, 5) is 15.5. The van der Waals surface area contributed by atoms with Crippen molar-refractivity contribution in [2.75, 3.05) is 19.5 Å². The Labute approximate surface area is 84.0 Å². The van der Waals surface area contributed by atoms with Crippen molar-refractivity contribution in [1.82, 2.24) is 0 Å². The number of carbonyl (C=O) groups is 1. The van der Waals surface area contributed by atoms with Crippen molar-refractivity contribution in [3.63, 3.8) is 0 Å². The van der Waals surface area contributed by atoms with Crippen LogP contribution in [0.4, 0.5) is 0 Å². The molecule has 0 amide bonds. The average molecular weight is 254 g/mol. The molecule has 0 atom stereocenters. The standard InChI is InChI=1S/C6H8BrNO3S/c1-10-6(12)5(8-11-2)4(9)3-7/h3H2,1-2H3. The SMILES string of the molecule is CON=C(C(=O)CBr)C(=S)OC. The van der Waals surface area contributed by atoms with Crippen LogP contribution in [0.25, 0.3) is 0 Å². The van der Waals surface area contributed by atoms with Crippen LogP contribution in [0, 0.1) is 0 Å². The molecule has 0 saturated carbocycles. The van der Waals surface area contributed by atoms with Crippen LogP contribution < -0.4 is 0 Å². The lowest BCUT2D eigenvalue weighted by molar-refractivity contribution is -0.110. The van der Waals surface area contributed by atoms with Gasteiger partial charge in [-0.15, -0.1) is 0 Å². The predicted octanol–water partition coefficient (Wildman–Crippen LogP) is 0.927. The van der Waals surface area contributed by atoms with Crippen LogP contribution in [-0.2, 0) is 14.4 Å². The summed E-state index contributed by atoms with van der Waals surface area (Å²) in [7, 11) is 2.70. The fourth-order valence-electron chi connectivity index (χ4n) is 0.453.